The van der Waals surface area contributed by atoms with Crippen molar-refractivity contribution < 1.29 is 18.3 Å². The molecule has 174 valence electrons. The molecule has 3 unspecified atom stereocenters. The number of nitrogens with one attached hydrogen (secondary N) is 1. The zero-order valence-electron chi connectivity index (χ0n) is 17.4. The first-order valence-electron chi connectivity index (χ1n) is 10.7. The second-order valence-corrected chi connectivity index (χ2v) is 9.37. The summed E-state index contributed by atoms with van der Waals surface area (Å²) >= 11 is 11.9. The standard InChI is InChI=1S/C23H21Cl2F3N4O/c24-14-2-5-18-16(9-14)13-1-4-19(29-18)20(12-33)32(8-7-13)15-10-31(11-15)21-6-3-17(25)22(30-21)23(26,27)28/h2-3,5-6,9,13,15,19-20,29,33H,7-8,10-12H2. The molecule has 1 fully saturated rings. The monoisotopic (exact) mass is 496 g/mol. The minimum Gasteiger partial charge on any atom is -0.395 e. The normalized spacial score (nSPS) is 25.2. The zero-order valence-corrected chi connectivity index (χ0v) is 18.9. The van der Waals surface area contributed by atoms with Gasteiger partial charge in [-0.3, -0.25) is 4.90 Å². The van der Waals surface area contributed by atoms with Gasteiger partial charge >= 0.3 is 6.18 Å². The molecular formula is C23H21Cl2F3N4O. The smallest absolute Gasteiger partial charge is 0.395 e. The number of rotatable bonds is 3. The lowest BCUT2D eigenvalue weighted by molar-refractivity contribution is -0.141. The van der Waals surface area contributed by atoms with E-state index in [1.165, 1.54) is 12.1 Å². The summed E-state index contributed by atoms with van der Waals surface area (Å²) in [7, 11) is 0. The molecule has 2 aromatic rings. The molecule has 0 aliphatic carbocycles. The Morgan fingerprint density at radius 2 is 1.94 bits per heavy atom. The first-order chi connectivity index (χ1) is 15.7. The molecule has 10 heteroatoms. The molecule has 3 aliphatic rings. The zero-order chi connectivity index (χ0) is 23.3. The molecule has 1 saturated heterocycles. The van der Waals surface area contributed by atoms with Crippen molar-refractivity contribution in [2.75, 3.05) is 36.5 Å². The summed E-state index contributed by atoms with van der Waals surface area (Å²) in [5.74, 6) is 6.88. The quantitative estimate of drug-likeness (QED) is 0.622. The molecule has 2 N–H and O–H groups in total. The second kappa shape index (κ2) is 8.55. The van der Waals surface area contributed by atoms with E-state index in [4.69, 9.17) is 23.2 Å². The Balaban J connectivity index is 1.35. The van der Waals surface area contributed by atoms with Crippen LogP contribution in [0.2, 0.25) is 10.0 Å². The van der Waals surface area contributed by atoms with Crippen molar-refractivity contribution in [1.29, 1.82) is 0 Å². The van der Waals surface area contributed by atoms with Gasteiger partial charge in [0.15, 0.2) is 5.69 Å². The Hall–Kier alpha value is -2.18. The van der Waals surface area contributed by atoms with Crippen molar-refractivity contribution in [3.63, 3.8) is 0 Å². The van der Waals surface area contributed by atoms with Crippen LogP contribution >= 0.6 is 23.2 Å². The average molecular weight is 497 g/mol. The van der Waals surface area contributed by atoms with E-state index < -0.39 is 16.9 Å². The molecule has 5 rings (SSSR count). The van der Waals surface area contributed by atoms with E-state index >= 15 is 0 Å². The number of pyridine rings is 1. The molecular weight excluding hydrogens is 476 g/mol. The van der Waals surface area contributed by atoms with Crippen LogP contribution in [-0.2, 0) is 6.18 Å². The van der Waals surface area contributed by atoms with E-state index in [1.54, 1.807) is 4.90 Å². The largest absolute Gasteiger partial charge is 0.434 e. The lowest BCUT2D eigenvalue weighted by Gasteiger charge is -2.49. The molecule has 1 aromatic carbocycles. The van der Waals surface area contributed by atoms with E-state index in [1.807, 2.05) is 18.2 Å². The Labute approximate surface area is 199 Å². The molecule has 3 aliphatic heterocycles. The Kier molecular flexibility index (Phi) is 5.86. The summed E-state index contributed by atoms with van der Waals surface area (Å²) in [5.41, 5.74) is 0.929. The predicted octanol–water partition coefficient (Wildman–Crippen LogP) is 4.24. The van der Waals surface area contributed by atoms with Crippen molar-refractivity contribution in [3.05, 3.63) is 51.6 Å². The van der Waals surface area contributed by atoms with E-state index in [2.05, 4.69) is 27.0 Å². The lowest BCUT2D eigenvalue weighted by atomic mass is 9.92. The third kappa shape index (κ3) is 4.24. The van der Waals surface area contributed by atoms with Crippen LogP contribution in [0.4, 0.5) is 24.7 Å². The number of anilines is 2. The first-order valence-corrected chi connectivity index (χ1v) is 11.4. The topological polar surface area (TPSA) is 51.6 Å². The number of nitrogens with zero attached hydrogens (tertiary/aromatic N) is 3. The van der Waals surface area contributed by atoms with Crippen molar-refractivity contribution in [2.24, 2.45) is 0 Å². The molecule has 4 heterocycles. The SMILES string of the molecule is OCC1C2C#CC(CCN1C1CN(c3ccc(Cl)c(C(F)(F)F)n3)C1)c1cc(Cl)ccc1N2. The lowest BCUT2D eigenvalue weighted by Crippen LogP contribution is -2.65. The highest BCUT2D eigenvalue weighted by atomic mass is 35.5. The number of hydrogen-bond donors (Lipinski definition) is 2. The molecule has 2 bridgehead atoms. The molecule has 3 atom stereocenters. The molecule has 0 spiro atoms. The Morgan fingerprint density at radius 3 is 2.67 bits per heavy atom. The number of hydrogen-bond acceptors (Lipinski definition) is 5. The summed E-state index contributed by atoms with van der Waals surface area (Å²) in [4.78, 5) is 7.78. The van der Waals surface area contributed by atoms with Crippen molar-refractivity contribution in [3.8, 4) is 11.8 Å². The van der Waals surface area contributed by atoms with Crippen LogP contribution < -0.4 is 10.2 Å². The van der Waals surface area contributed by atoms with Gasteiger partial charge in [0.2, 0.25) is 0 Å². The maximum Gasteiger partial charge on any atom is 0.434 e. The Morgan fingerprint density at radius 1 is 1.15 bits per heavy atom. The number of benzene rings is 1. The van der Waals surface area contributed by atoms with Crippen LogP contribution in [-0.4, -0.2) is 59.4 Å². The number of halogens is 5. The number of fused-ring (bicyclic) bond motifs is 4. The maximum atomic E-state index is 13.2. The van der Waals surface area contributed by atoms with Crippen molar-refractivity contribution in [1.82, 2.24) is 9.88 Å². The highest BCUT2D eigenvalue weighted by Gasteiger charge is 2.42. The molecule has 0 radical (unpaired) electrons. The van der Waals surface area contributed by atoms with Crippen LogP contribution in [0.5, 0.6) is 0 Å². The summed E-state index contributed by atoms with van der Waals surface area (Å²) in [6, 6.07) is 7.97. The van der Waals surface area contributed by atoms with Crippen molar-refractivity contribution in [2.45, 2.75) is 36.6 Å². The average Bonchev–Trinajstić information content (AvgIpc) is 2.86. The first kappa shape index (κ1) is 22.6. The van der Waals surface area contributed by atoms with Crippen LogP contribution in [0, 0.1) is 11.8 Å². The molecule has 5 nitrogen and oxygen atoms in total. The number of aliphatic hydroxyl groups is 1. The van der Waals surface area contributed by atoms with Crippen LogP contribution in [0.15, 0.2) is 30.3 Å². The van der Waals surface area contributed by atoms with E-state index in [0.29, 0.717) is 24.7 Å². The van der Waals surface area contributed by atoms with Gasteiger partial charge in [-0.2, -0.15) is 13.2 Å². The minimum absolute atomic E-state index is 0.0156. The second-order valence-electron chi connectivity index (χ2n) is 8.53. The Bertz CT molecular complexity index is 1130. The molecule has 0 saturated carbocycles. The van der Waals surface area contributed by atoms with E-state index in [0.717, 1.165) is 17.7 Å². The van der Waals surface area contributed by atoms with Gasteiger partial charge in [-0.1, -0.05) is 35.0 Å². The third-order valence-corrected chi connectivity index (χ3v) is 7.08. The van der Waals surface area contributed by atoms with E-state index in [-0.39, 0.29) is 36.5 Å². The summed E-state index contributed by atoms with van der Waals surface area (Å²) in [6.07, 6.45) is -3.85. The van der Waals surface area contributed by atoms with Crippen molar-refractivity contribution >= 4 is 34.7 Å². The van der Waals surface area contributed by atoms with Gasteiger partial charge in [-0.05, 0) is 42.3 Å². The summed E-state index contributed by atoms with van der Waals surface area (Å²) in [6.45, 7) is 1.63. The fraction of sp³-hybridized carbons (Fsp3) is 0.435. The van der Waals surface area contributed by atoms with Crippen LogP contribution in [0.3, 0.4) is 0 Å². The van der Waals surface area contributed by atoms with Gasteiger partial charge in [0.1, 0.15) is 11.9 Å². The van der Waals surface area contributed by atoms with Crippen LogP contribution in [0.25, 0.3) is 0 Å². The fourth-order valence-corrected chi connectivity index (χ4v) is 5.20. The van der Waals surface area contributed by atoms with Gasteiger partial charge in [-0.15, -0.1) is 0 Å². The highest BCUT2D eigenvalue weighted by Crippen LogP contribution is 2.37. The van der Waals surface area contributed by atoms with Crippen LogP contribution in [0.1, 0.15) is 23.6 Å². The van der Waals surface area contributed by atoms with Gasteiger partial charge in [0.25, 0.3) is 0 Å². The molecule has 33 heavy (non-hydrogen) atoms. The maximum absolute atomic E-state index is 13.2. The number of alkyl halides is 3. The van der Waals surface area contributed by atoms with Gasteiger partial charge in [0, 0.05) is 42.3 Å². The third-order valence-electron chi connectivity index (χ3n) is 6.54. The minimum atomic E-state index is -4.61. The number of aromatic nitrogens is 1. The predicted molar refractivity (Wildman–Crippen MR) is 122 cm³/mol. The van der Waals surface area contributed by atoms with Gasteiger partial charge in [-0.25, -0.2) is 4.98 Å². The molecule has 1 aromatic heterocycles. The summed E-state index contributed by atoms with van der Waals surface area (Å²) in [5, 5.41) is 14.0. The molecule has 0 amide bonds. The fourth-order valence-electron chi connectivity index (χ4n) is 4.80. The summed E-state index contributed by atoms with van der Waals surface area (Å²) < 4.78 is 39.6. The number of aliphatic hydroxyl groups excluding tert-OH is 1. The van der Waals surface area contributed by atoms with E-state index in [9.17, 15) is 18.3 Å². The van der Waals surface area contributed by atoms with Gasteiger partial charge < -0.3 is 15.3 Å². The highest BCUT2D eigenvalue weighted by molar-refractivity contribution is 6.31. The van der Waals surface area contributed by atoms with Gasteiger partial charge in [0.05, 0.1) is 17.7 Å².